The number of ether oxygens (including phenoxy) is 1. The number of aliphatic carboxylic acids is 2. The number of carbonyl (C=O) groups is 2. The van der Waals surface area contributed by atoms with E-state index in [0.29, 0.717) is 28.0 Å². The summed E-state index contributed by atoms with van der Waals surface area (Å²) in [5, 5.41) is 22.5. The smallest absolute Gasteiger partial charge is 0.321 e. The molecule has 0 aromatic heterocycles. The zero-order valence-electron chi connectivity index (χ0n) is 16.1. The van der Waals surface area contributed by atoms with Gasteiger partial charge in [-0.3, -0.25) is 14.9 Å². The summed E-state index contributed by atoms with van der Waals surface area (Å²) in [5.74, 6) is -1.02. The Morgan fingerprint density at radius 3 is 1.97 bits per heavy atom. The molecule has 29 heavy (non-hydrogen) atoms. The van der Waals surface area contributed by atoms with Gasteiger partial charge in [-0.2, -0.15) is 0 Å². The number of hydrogen-bond donors (Lipinski definition) is 3. The van der Waals surface area contributed by atoms with Crippen molar-refractivity contribution in [1.82, 2.24) is 5.32 Å². The minimum absolute atomic E-state index is 0.120. The van der Waals surface area contributed by atoms with Gasteiger partial charge < -0.3 is 14.9 Å². The standard InChI is InChI=1S/C21H23Cl2NO5/c1-12(2)7-18(20(25)26)24-19(21(27)28)8-13-3-5-16(6-4-13)29-17-10-14(22)9-15(23)11-17/h3-6,9-12,18-19,24H,7-8H2,1-2H3,(H,25,26)(H,27,28)/t18-,19-/m0/s1. The molecule has 2 aromatic rings. The van der Waals surface area contributed by atoms with Gasteiger partial charge in [-0.15, -0.1) is 0 Å². The first-order chi connectivity index (χ1) is 13.6. The molecule has 8 heteroatoms. The quantitative estimate of drug-likeness (QED) is 0.488. The molecule has 0 saturated carbocycles. The number of rotatable bonds is 10. The second kappa shape index (κ2) is 10.5. The Bertz CT molecular complexity index is 834. The number of halogens is 2. The molecule has 156 valence electrons. The van der Waals surface area contributed by atoms with Crippen molar-refractivity contribution in [3.05, 3.63) is 58.1 Å². The van der Waals surface area contributed by atoms with Crippen molar-refractivity contribution in [3.63, 3.8) is 0 Å². The summed E-state index contributed by atoms with van der Waals surface area (Å²) < 4.78 is 5.71. The van der Waals surface area contributed by atoms with E-state index in [9.17, 15) is 19.8 Å². The second-order valence-electron chi connectivity index (χ2n) is 7.13. The van der Waals surface area contributed by atoms with Crippen LogP contribution in [0.5, 0.6) is 11.5 Å². The number of nitrogens with one attached hydrogen (secondary N) is 1. The Morgan fingerprint density at radius 1 is 0.931 bits per heavy atom. The molecule has 0 aliphatic carbocycles. The zero-order valence-corrected chi connectivity index (χ0v) is 17.6. The number of hydrogen-bond acceptors (Lipinski definition) is 4. The van der Waals surface area contributed by atoms with Gasteiger partial charge >= 0.3 is 11.9 Å². The molecule has 0 aliphatic heterocycles. The van der Waals surface area contributed by atoms with Crippen LogP contribution in [-0.2, 0) is 16.0 Å². The highest BCUT2D eigenvalue weighted by Gasteiger charge is 2.26. The van der Waals surface area contributed by atoms with Gasteiger partial charge in [-0.05, 0) is 54.7 Å². The molecule has 2 rings (SSSR count). The van der Waals surface area contributed by atoms with Crippen molar-refractivity contribution in [2.24, 2.45) is 5.92 Å². The first-order valence-corrected chi connectivity index (χ1v) is 9.84. The molecule has 0 radical (unpaired) electrons. The summed E-state index contributed by atoms with van der Waals surface area (Å²) in [4.78, 5) is 23.0. The zero-order chi connectivity index (χ0) is 21.6. The third-order valence-corrected chi connectivity index (χ3v) is 4.58. The van der Waals surface area contributed by atoms with E-state index in [1.165, 1.54) is 0 Å². The molecule has 0 amide bonds. The Labute approximate surface area is 179 Å². The molecule has 3 N–H and O–H groups in total. The topological polar surface area (TPSA) is 95.9 Å². The van der Waals surface area contributed by atoms with Crippen LogP contribution in [0, 0.1) is 5.92 Å². The average Bonchev–Trinajstić information content (AvgIpc) is 2.60. The molecule has 0 saturated heterocycles. The highest BCUT2D eigenvalue weighted by Crippen LogP contribution is 2.28. The van der Waals surface area contributed by atoms with Crippen molar-refractivity contribution >= 4 is 35.1 Å². The van der Waals surface area contributed by atoms with Crippen LogP contribution in [0.3, 0.4) is 0 Å². The van der Waals surface area contributed by atoms with Crippen molar-refractivity contribution in [2.75, 3.05) is 0 Å². The predicted molar refractivity (Wildman–Crippen MR) is 112 cm³/mol. The van der Waals surface area contributed by atoms with Crippen molar-refractivity contribution in [1.29, 1.82) is 0 Å². The summed E-state index contributed by atoms with van der Waals surface area (Å²) >= 11 is 11.9. The molecular weight excluding hydrogens is 417 g/mol. The van der Waals surface area contributed by atoms with Gasteiger partial charge in [0.25, 0.3) is 0 Å². The molecule has 2 atom stereocenters. The molecule has 0 bridgehead atoms. The van der Waals surface area contributed by atoms with Crippen LogP contribution in [0.2, 0.25) is 10.0 Å². The van der Waals surface area contributed by atoms with Crippen molar-refractivity contribution < 1.29 is 24.5 Å². The molecule has 6 nitrogen and oxygen atoms in total. The van der Waals surface area contributed by atoms with Crippen molar-refractivity contribution in [2.45, 2.75) is 38.8 Å². The average molecular weight is 440 g/mol. The maximum absolute atomic E-state index is 11.6. The maximum Gasteiger partial charge on any atom is 0.321 e. The van der Waals surface area contributed by atoms with Crippen LogP contribution >= 0.6 is 23.2 Å². The van der Waals surface area contributed by atoms with E-state index in [1.54, 1.807) is 42.5 Å². The molecular formula is C21H23Cl2NO5. The Morgan fingerprint density at radius 2 is 1.48 bits per heavy atom. The first-order valence-electron chi connectivity index (χ1n) is 9.08. The van der Waals surface area contributed by atoms with E-state index in [1.807, 2.05) is 13.8 Å². The molecule has 0 fully saturated rings. The van der Waals surface area contributed by atoms with Gasteiger partial charge in [0.2, 0.25) is 0 Å². The Hall–Kier alpha value is -2.28. The van der Waals surface area contributed by atoms with E-state index in [-0.39, 0.29) is 12.3 Å². The lowest BCUT2D eigenvalue weighted by atomic mass is 10.0. The van der Waals surface area contributed by atoms with E-state index in [4.69, 9.17) is 27.9 Å². The normalized spacial score (nSPS) is 13.1. The van der Waals surface area contributed by atoms with Gasteiger partial charge in [-0.25, -0.2) is 0 Å². The highest BCUT2D eigenvalue weighted by atomic mass is 35.5. The highest BCUT2D eigenvalue weighted by molar-refractivity contribution is 6.34. The predicted octanol–water partition coefficient (Wildman–Crippen LogP) is 4.87. The number of carboxylic acids is 2. The van der Waals surface area contributed by atoms with Gasteiger partial charge in [-0.1, -0.05) is 49.2 Å². The SMILES string of the molecule is CC(C)C[C@H](N[C@@H](Cc1ccc(Oc2cc(Cl)cc(Cl)c2)cc1)C(=O)O)C(=O)O. The van der Waals surface area contributed by atoms with Crippen LogP contribution < -0.4 is 10.1 Å². The fourth-order valence-electron chi connectivity index (χ4n) is 2.82. The van der Waals surface area contributed by atoms with Crippen LogP contribution in [0.4, 0.5) is 0 Å². The van der Waals surface area contributed by atoms with Crippen LogP contribution in [0.1, 0.15) is 25.8 Å². The van der Waals surface area contributed by atoms with Crippen LogP contribution in [0.15, 0.2) is 42.5 Å². The van der Waals surface area contributed by atoms with E-state index >= 15 is 0 Å². The lowest BCUT2D eigenvalue weighted by Crippen LogP contribution is -2.48. The molecule has 0 spiro atoms. The third kappa shape index (κ3) is 7.57. The molecule has 2 aromatic carbocycles. The number of carboxylic acid groups (broad SMARTS) is 2. The fraction of sp³-hybridized carbons (Fsp3) is 0.333. The van der Waals surface area contributed by atoms with E-state index in [0.717, 1.165) is 5.56 Å². The lowest BCUT2D eigenvalue weighted by molar-refractivity contribution is -0.142. The summed E-state index contributed by atoms with van der Waals surface area (Å²) in [7, 11) is 0. The van der Waals surface area contributed by atoms with Gasteiger partial charge in [0.05, 0.1) is 0 Å². The molecule has 0 heterocycles. The van der Waals surface area contributed by atoms with E-state index < -0.39 is 24.0 Å². The van der Waals surface area contributed by atoms with Gasteiger partial charge in [0.15, 0.2) is 0 Å². The Balaban J connectivity index is 2.06. The third-order valence-electron chi connectivity index (χ3n) is 4.14. The fourth-order valence-corrected chi connectivity index (χ4v) is 3.33. The minimum Gasteiger partial charge on any atom is -0.480 e. The van der Waals surface area contributed by atoms with Crippen LogP contribution in [0.25, 0.3) is 0 Å². The maximum atomic E-state index is 11.6. The lowest BCUT2D eigenvalue weighted by Gasteiger charge is -2.22. The first kappa shape index (κ1) is 23.0. The monoisotopic (exact) mass is 439 g/mol. The van der Waals surface area contributed by atoms with E-state index in [2.05, 4.69) is 5.32 Å². The molecule has 0 aliphatic rings. The van der Waals surface area contributed by atoms with Gasteiger partial charge in [0.1, 0.15) is 23.6 Å². The second-order valence-corrected chi connectivity index (χ2v) is 8.01. The summed E-state index contributed by atoms with van der Waals surface area (Å²) in [6.07, 6.45) is 0.481. The summed E-state index contributed by atoms with van der Waals surface area (Å²) in [6, 6.07) is 9.78. The van der Waals surface area contributed by atoms with Crippen molar-refractivity contribution in [3.8, 4) is 11.5 Å². The number of benzene rings is 2. The largest absolute Gasteiger partial charge is 0.480 e. The molecule has 0 unspecified atom stereocenters. The minimum atomic E-state index is -1.10. The van der Waals surface area contributed by atoms with Crippen LogP contribution in [-0.4, -0.2) is 34.2 Å². The Kier molecular flexibility index (Phi) is 8.32. The summed E-state index contributed by atoms with van der Waals surface area (Å²) in [5.41, 5.74) is 0.732. The van der Waals surface area contributed by atoms with Gasteiger partial charge in [0, 0.05) is 10.0 Å². The summed E-state index contributed by atoms with van der Waals surface area (Å²) in [6.45, 7) is 3.78.